The smallest absolute Gasteiger partial charge is 0.332 e. The first kappa shape index (κ1) is 9.17. The molecule has 0 spiro atoms. The van der Waals surface area contributed by atoms with E-state index >= 15 is 0 Å². The normalized spacial score (nSPS) is 12.2. The van der Waals surface area contributed by atoms with Crippen LogP contribution in [0.5, 0.6) is 0 Å². The van der Waals surface area contributed by atoms with Gasteiger partial charge in [-0.25, -0.2) is 4.79 Å². The molecule has 0 aliphatic heterocycles. The summed E-state index contributed by atoms with van der Waals surface area (Å²) in [6.45, 7) is 5.01. The minimum atomic E-state index is -1.23. The summed E-state index contributed by atoms with van der Waals surface area (Å²) in [6, 6.07) is 0. The van der Waals surface area contributed by atoms with Gasteiger partial charge in [0.2, 0.25) is 6.29 Å². The van der Waals surface area contributed by atoms with E-state index in [0.717, 1.165) is 12.5 Å². The lowest BCUT2D eigenvalue weighted by Crippen LogP contribution is -2.13. The summed E-state index contributed by atoms with van der Waals surface area (Å²) in [5.74, 6) is -0.645. The molecule has 0 saturated carbocycles. The first-order valence-electron chi connectivity index (χ1n) is 3.19. The van der Waals surface area contributed by atoms with Crippen molar-refractivity contribution in [3.05, 3.63) is 12.7 Å². The number of esters is 1. The third-order valence-electron chi connectivity index (χ3n) is 0.939. The van der Waals surface area contributed by atoms with Crippen LogP contribution in [0.1, 0.15) is 19.8 Å². The number of hydrogen-bond acceptors (Lipinski definition) is 2. The fraction of sp³-hybridized carbons (Fsp3) is 0.571. The monoisotopic (exact) mass is 143 g/mol. The third-order valence-corrected chi connectivity index (χ3v) is 0.939. The minimum Gasteiger partial charge on any atom is -0.430 e. The Labute approximate surface area is 60.3 Å². The first-order valence-corrected chi connectivity index (χ1v) is 3.19. The van der Waals surface area contributed by atoms with Crippen molar-refractivity contribution in [1.29, 1.82) is 0 Å². The van der Waals surface area contributed by atoms with Gasteiger partial charge in [-0.05, 0) is 0 Å². The molecule has 1 radical (unpaired) electrons. The van der Waals surface area contributed by atoms with Gasteiger partial charge in [0.1, 0.15) is 0 Å². The van der Waals surface area contributed by atoms with Gasteiger partial charge in [-0.15, -0.1) is 0 Å². The molecule has 0 saturated heterocycles. The molecule has 0 fully saturated rings. The van der Waals surface area contributed by atoms with Crippen LogP contribution < -0.4 is 0 Å². The van der Waals surface area contributed by atoms with Crippen molar-refractivity contribution in [3.63, 3.8) is 0 Å². The van der Waals surface area contributed by atoms with E-state index in [0.29, 0.717) is 6.42 Å². The third kappa shape index (κ3) is 4.09. The summed E-state index contributed by atoms with van der Waals surface area (Å²) in [7, 11) is 0. The lowest BCUT2D eigenvalue weighted by atomic mass is 10.3. The zero-order valence-electron chi connectivity index (χ0n) is 6.00. The predicted octanol–water partition coefficient (Wildman–Crippen LogP) is 1.27. The Morgan fingerprint density at radius 2 is 2.40 bits per heavy atom. The lowest BCUT2D eigenvalue weighted by molar-refractivity contribution is -0.174. The van der Waals surface area contributed by atoms with Crippen LogP contribution in [0.3, 0.4) is 0 Å². The highest BCUT2D eigenvalue weighted by Gasteiger charge is 2.07. The number of carbonyl (C=O) groups excluding carboxylic acids is 1. The van der Waals surface area contributed by atoms with Crippen molar-refractivity contribution in [1.82, 2.24) is 0 Å². The summed E-state index contributed by atoms with van der Waals surface area (Å²) in [6.07, 6.45) is 0.842. The van der Waals surface area contributed by atoms with Crippen LogP contribution >= 0.6 is 0 Å². The van der Waals surface area contributed by atoms with Gasteiger partial charge in [0.05, 0.1) is 0 Å². The van der Waals surface area contributed by atoms with E-state index in [4.69, 9.17) is 0 Å². The molecule has 0 aliphatic carbocycles. The highest BCUT2D eigenvalue weighted by atomic mass is 16.6. The molecule has 0 heterocycles. The fourth-order valence-electron chi connectivity index (χ4n) is 0.472. The van der Waals surface area contributed by atoms with E-state index in [-0.39, 0.29) is 0 Å². The van der Waals surface area contributed by atoms with Gasteiger partial charge in [0.15, 0.2) is 0 Å². The van der Waals surface area contributed by atoms with Crippen LogP contribution in [-0.4, -0.2) is 12.3 Å². The molecule has 0 rings (SSSR count). The maximum Gasteiger partial charge on any atom is 0.332 e. The van der Waals surface area contributed by atoms with Gasteiger partial charge < -0.3 is 4.74 Å². The molecule has 1 unspecified atom stereocenters. The Bertz CT molecular complexity index is 120. The minimum absolute atomic E-state index is 0.361. The predicted molar refractivity (Wildman–Crippen MR) is 35.7 cm³/mol. The molecule has 0 bridgehead atoms. The highest BCUT2D eigenvalue weighted by Crippen LogP contribution is 1.98. The summed E-state index contributed by atoms with van der Waals surface area (Å²) < 4.78 is 4.33. The average molecular weight is 143 g/mol. The number of hydrogen-bond donors (Lipinski definition) is 0. The second kappa shape index (κ2) is 4.99. The second-order valence-electron chi connectivity index (χ2n) is 1.86. The molecule has 0 aromatic rings. The maximum atomic E-state index is 10.6. The van der Waals surface area contributed by atoms with Gasteiger partial charge in [-0.3, -0.25) is 0 Å². The lowest BCUT2D eigenvalue weighted by Gasteiger charge is -2.05. The Balaban J connectivity index is 3.46. The Morgan fingerprint density at radius 1 is 1.80 bits per heavy atom. The molecule has 0 aliphatic rings. The fourth-order valence-corrected chi connectivity index (χ4v) is 0.472. The molecule has 0 N–H and O–H groups in total. The summed E-state index contributed by atoms with van der Waals surface area (Å²) in [4.78, 5) is 10.4. The van der Waals surface area contributed by atoms with E-state index in [1.807, 2.05) is 6.92 Å². The van der Waals surface area contributed by atoms with Gasteiger partial charge in [-0.2, -0.15) is 5.11 Å². The molecular formula is C7H11O3. The average Bonchev–Trinajstić information content (AvgIpc) is 1.88. The summed E-state index contributed by atoms with van der Waals surface area (Å²) in [5.41, 5.74) is 0. The number of ether oxygens (including phenoxy) is 1. The van der Waals surface area contributed by atoms with Gasteiger partial charge >= 0.3 is 5.97 Å². The maximum absolute atomic E-state index is 10.6. The quantitative estimate of drug-likeness (QED) is 0.338. The Kier molecular flexibility index (Phi) is 4.58. The Hall–Kier alpha value is -0.830. The van der Waals surface area contributed by atoms with Crippen molar-refractivity contribution in [3.8, 4) is 0 Å². The van der Waals surface area contributed by atoms with Crippen LogP contribution in [0, 0.1) is 0 Å². The first-order chi connectivity index (χ1) is 4.70. The van der Waals surface area contributed by atoms with Gasteiger partial charge in [0.25, 0.3) is 0 Å². The Morgan fingerprint density at radius 3 is 2.80 bits per heavy atom. The second-order valence-corrected chi connectivity index (χ2v) is 1.86. The molecule has 3 nitrogen and oxygen atoms in total. The molecule has 1 atom stereocenters. The standard InChI is InChI=1S/C7H11O3/c1-3-5-7(9)10-6(8)4-2/h4,7H,2-3,5H2,1H3. The summed E-state index contributed by atoms with van der Waals surface area (Å²) >= 11 is 0. The van der Waals surface area contributed by atoms with Gasteiger partial charge in [0, 0.05) is 12.5 Å². The SMILES string of the molecule is C=CC(=O)OC([O])CCC. The van der Waals surface area contributed by atoms with Crippen LogP contribution in [0.4, 0.5) is 0 Å². The molecule has 3 heteroatoms. The van der Waals surface area contributed by atoms with Crippen molar-refractivity contribution in [2.45, 2.75) is 26.1 Å². The van der Waals surface area contributed by atoms with Crippen molar-refractivity contribution in [2.24, 2.45) is 0 Å². The molecule has 0 aromatic carbocycles. The van der Waals surface area contributed by atoms with Crippen LogP contribution in [-0.2, 0) is 14.6 Å². The highest BCUT2D eigenvalue weighted by molar-refractivity contribution is 5.81. The van der Waals surface area contributed by atoms with E-state index in [1.165, 1.54) is 0 Å². The van der Waals surface area contributed by atoms with E-state index in [2.05, 4.69) is 11.3 Å². The summed E-state index contributed by atoms with van der Waals surface area (Å²) in [5, 5.41) is 10.6. The number of carbonyl (C=O) groups is 1. The molecule has 10 heavy (non-hydrogen) atoms. The van der Waals surface area contributed by atoms with Crippen molar-refractivity contribution in [2.75, 3.05) is 0 Å². The van der Waals surface area contributed by atoms with Gasteiger partial charge in [-0.1, -0.05) is 19.9 Å². The van der Waals surface area contributed by atoms with E-state index in [1.54, 1.807) is 0 Å². The van der Waals surface area contributed by atoms with Crippen molar-refractivity contribution >= 4 is 5.97 Å². The van der Waals surface area contributed by atoms with E-state index in [9.17, 15) is 9.90 Å². The molecule has 0 aromatic heterocycles. The molecular weight excluding hydrogens is 132 g/mol. The zero-order valence-corrected chi connectivity index (χ0v) is 6.00. The zero-order chi connectivity index (χ0) is 7.98. The number of rotatable bonds is 4. The van der Waals surface area contributed by atoms with Crippen LogP contribution in [0.25, 0.3) is 0 Å². The van der Waals surface area contributed by atoms with E-state index < -0.39 is 12.3 Å². The van der Waals surface area contributed by atoms with Crippen LogP contribution in [0.15, 0.2) is 12.7 Å². The largest absolute Gasteiger partial charge is 0.430 e. The topological polar surface area (TPSA) is 46.2 Å². The van der Waals surface area contributed by atoms with Crippen molar-refractivity contribution < 1.29 is 14.6 Å². The van der Waals surface area contributed by atoms with Crippen LogP contribution in [0.2, 0.25) is 0 Å². The molecule has 0 amide bonds. The molecule has 57 valence electrons.